The molecule has 2 N–H and O–H groups in total. The lowest BCUT2D eigenvalue weighted by molar-refractivity contribution is 0.237. The van der Waals surface area contributed by atoms with Crippen LogP contribution in [0, 0.1) is 13.8 Å². The number of rotatable bonds is 6. The van der Waals surface area contributed by atoms with Crippen molar-refractivity contribution >= 4 is 6.03 Å². The normalized spacial score (nSPS) is 9.67. The third kappa shape index (κ3) is 4.49. The average Bonchev–Trinajstić information content (AvgIpc) is 2.35. The van der Waals surface area contributed by atoms with Crippen molar-refractivity contribution in [2.45, 2.75) is 13.8 Å². The Morgan fingerprint density at radius 1 is 1.33 bits per heavy atom. The van der Waals surface area contributed by atoms with Gasteiger partial charge in [0.1, 0.15) is 12.4 Å². The van der Waals surface area contributed by atoms with E-state index in [0.29, 0.717) is 19.7 Å². The summed E-state index contributed by atoms with van der Waals surface area (Å²) in [6.45, 7) is 8.92. The molecule has 0 unspecified atom stereocenters. The van der Waals surface area contributed by atoms with Crippen molar-refractivity contribution in [2.24, 2.45) is 0 Å². The zero-order valence-corrected chi connectivity index (χ0v) is 11.0. The van der Waals surface area contributed by atoms with Gasteiger partial charge in [0, 0.05) is 6.54 Å². The molecule has 4 nitrogen and oxygen atoms in total. The topological polar surface area (TPSA) is 50.4 Å². The monoisotopic (exact) mass is 248 g/mol. The minimum absolute atomic E-state index is 0.208. The van der Waals surface area contributed by atoms with Gasteiger partial charge in [-0.15, -0.1) is 6.58 Å². The van der Waals surface area contributed by atoms with Crippen LogP contribution in [0.15, 0.2) is 30.9 Å². The molecule has 0 atom stereocenters. The van der Waals surface area contributed by atoms with Gasteiger partial charge >= 0.3 is 6.03 Å². The summed E-state index contributed by atoms with van der Waals surface area (Å²) in [5.74, 6) is 0.894. The fourth-order valence-corrected chi connectivity index (χ4v) is 1.57. The van der Waals surface area contributed by atoms with Crippen LogP contribution >= 0.6 is 0 Å². The van der Waals surface area contributed by atoms with E-state index in [9.17, 15) is 4.79 Å². The Bertz CT molecular complexity index is 396. The molecular formula is C14H20N2O2. The number of para-hydroxylation sites is 1. The van der Waals surface area contributed by atoms with Crippen molar-refractivity contribution < 1.29 is 9.53 Å². The van der Waals surface area contributed by atoms with Gasteiger partial charge < -0.3 is 15.4 Å². The molecule has 0 fully saturated rings. The summed E-state index contributed by atoms with van der Waals surface area (Å²) in [5.41, 5.74) is 2.21. The molecule has 0 bridgehead atoms. The first kappa shape index (κ1) is 14.1. The van der Waals surface area contributed by atoms with E-state index in [1.165, 1.54) is 0 Å². The van der Waals surface area contributed by atoms with E-state index in [1.54, 1.807) is 6.08 Å². The van der Waals surface area contributed by atoms with Gasteiger partial charge in [-0.1, -0.05) is 24.3 Å². The summed E-state index contributed by atoms with van der Waals surface area (Å²) in [6, 6.07) is 5.80. The molecule has 98 valence electrons. The number of carbonyl (C=O) groups excluding carboxylic acids is 1. The van der Waals surface area contributed by atoms with E-state index in [-0.39, 0.29) is 6.03 Å². The minimum Gasteiger partial charge on any atom is -0.491 e. The summed E-state index contributed by atoms with van der Waals surface area (Å²) in [5, 5.41) is 5.33. The second-order valence-corrected chi connectivity index (χ2v) is 3.99. The molecule has 0 radical (unpaired) electrons. The Hall–Kier alpha value is -1.97. The van der Waals surface area contributed by atoms with Crippen molar-refractivity contribution in [3.63, 3.8) is 0 Å². The Morgan fingerprint density at radius 2 is 2.00 bits per heavy atom. The van der Waals surface area contributed by atoms with Crippen LogP contribution in [0.1, 0.15) is 11.1 Å². The SMILES string of the molecule is C=CCNC(=O)NCCOc1c(C)cccc1C. The predicted octanol–water partition coefficient (Wildman–Crippen LogP) is 2.17. The lowest BCUT2D eigenvalue weighted by atomic mass is 10.1. The average molecular weight is 248 g/mol. The molecule has 0 heterocycles. The van der Waals surface area contributed by atoms with E-state index in [2.05, 4.69) is 17.2 Å². The Labute approximate surface area is 108 Å². The van der Waals surface area contributed by atoms with Crippen LogP contribution < -0.4 is 15.4 Å². The van der Waals surface area contributed by atoms with Gasteiger partial charge in [0.15, 0.2) is 0 Å². The van der Waals surface area contributed by atoms with Crippen LogP contribution in [-0.2, 0) is 0 Å². The summed E-state index contributed by atoms with van der Waals surface area (Å²) in [7, 11) is 0. The van der Waals surface area contributed by atoms with E-state index < -0.39 is 0 Å². The molecule has 0 aliphatic heterocycles. The van der Waals surface area contributed by atoms with Crippen molar-refractivity contribution in [1.29, 1.82) is 0 Å². The van der Waals surface area contributed by atoms with E-state index >= 15 is 0 Å². The third-order valence-electron chi connectivity index (χ3n) is 2.45. The molecule has 0 aliphatic carbocycles. The number of amides is 2. The predicted molar refractivity (Wildman–Crippen MR) is 73.0 cm³/mol. The van der Waals surface area contributed by atoms with Gasteiger partial charge in [-0.05, 0) is 25.0 Å². The number of hydrogen-bond acceptors (Lipinski definition) is 2. The Kier molecular flexibility index (Phi) is 5.77. The van der Waals surface area contributed by atoms with Gasteiger partial charge in [-0.2, -0.15) is 0 Å². The summed E-state index contributed by atoms with van der Waals surface area (Å²) >= 11 is 0. The molecule has 18 heavy (non-hydrogen) atoms. The van der Waals surface area contributed by atoms with E-state index in [0.717, 1.165) is 16.9 Å². The van der Waals surface area contributed by atoms with Crippen molar-refractivity contribution in [2.75, 3.05) is 19.7 Å². The highest BCUT2D eigenvalue weighted by Crippen LogP contribution is 2.21. The first-order chi connectivity index (χ1) is 8.65. The number of aryl methyl sites for hydroxylation is 2. The zero-order valence-electron chi connectivity index (χ0n) is 11.0. The van der Waals surface area contributed by atoms with E-state index in [1.807, 2.05) is 32.0 Å². The first-order valence-corrected chi connectivity index (χ1v) is 5.96. The molecule has 0 saturated heterocycles. The van der Waals surface area contributed by atoms with Crippen LogP contribution in [-0.4, -0.2) is 25.7 Å². The second-order valence-electron chi connectivity index (χ2n) is 3.99. The summed E-state index contributed by atoms with van der Waals surface area (Å²) in [6.07, 6.45) is 1.63. The second kappa shape index (κ2) is 7.37. The number of urea groups is 1. The van der Waals surface area contributed by atoms with E-state index in [4.69, 9.17) is 4.74 Å². The maximum absolute atomic E-state index is 11.2. The van der Waals surface area contributed by atoms with Gasteiger partial charge in [0.25, 0.3) is 0 Å². The molecule has 4 heteroatoms. The standard InChI is InChI=1S/C14H20N2O2/c1-4-8-15-14(17)16-9-10-18-13-11(2)6-5-7-12(13)3/h4-7H,1,8-10H2,2-3H3,(H2,15,16,17). The van der Waals surface area contributed by atoms with Crippen molar-refractivity contribution in [1.82, 2.24) is 10.6 Å². The quantitative estimate of drug-likeness (QED) is 0.599. The highest BCUT2D eigenvalue weighted by Gasteiger charge is 2.03. The maximum Gasteiger partial charge on any atom is 0.315 e. The van der Waals surface area contributed by atoms with Crippen molar-refractivity contribution in [3.8, 4) is 5.75 Å². The van der Waals surface area contributed by atoms with Crippen LogP contribution in [0.4, 0.5) is 4.79 Å². The lowest BCUT2D eigenvalue weighted by Gasteiger charge is -2.12. The fourth-order valence-electron chi connectivity index (χ4n) is 1.57. The molecule has 2 amide bonds. The number of nitrogens with one attached hydrogen (secondary N) is 2. The van der Waals surface area contributed by atoms with Gasteiger partial charge in [-0.3, -0.25) is 0 Å². The number of carbonyl (C=O) groups is 1. The highest BCUT2D eigenvalue weighted by atomic mass is 16.5. The van der Waals surface area contributed by atoms with Gasteiger partial charge in [0.2, 0.25) is 0 Å². The molecule has 0 saturated carbocycles. The largest absolute Gasteiger partial charge is 0.491 e. The Morgan fingerprint density at radius 3 is 2.61 bits per heavy atom. The zero-order chi connectivity index (χ0) is 13.4. The van der Waals surface area contributed by atoms with Gasteiger partial charge in [-0.25, -0.2) is 4.79 Å². The lowest BCUT2D eigenvalue weighted by Crippen LogP contribution is -2.37. The number of ether oxygens (including phenoxy) is 1. The first-order valence-electron chi connectivity index (χ1n) is 5.96. The Balaban J connectivity index is 2.30. The minimum atomic E-state index is -0.208. The number of benzene rings is 1. The molecule has 1 aromatic carbocycles. The molecule has 0 aliphatic rings. The number of hydrogen-bond donors (Lipinski definition) is 2. The third-order valence-corrected chi connectivity index (χ3v) is 2.45. The van der Waals surface area contributed by atoms with Crippen LogP contribution in [0.3, 0.4) is 0 Å². The molecule has 1 rings (SSSR count). The van der Waals surface area contributed by atoms with Crippen LogP contribution in [0.5, 0.6) is 5.75 Å². The smallest absolute Gasteiger partial charge is 0.315 e. The highest BCUT2D eigenvalue weighted by molar-refractivity contribution is 5.73. The van der Waals surface area contributed by atoms with Crippen LogP contribution in [0.2, 0.25) is 0 Å². The molecular weight excluding hydrogens is 228 g/mol. The maximum atomic E-state index is 11.2. The summed E-state index contributed by atoms with van der Waals surface area (Å²) in [4.78, 5) is 11.2. The molecule has 1 aromatic rings. The van der Waals surface area contributed by atoms with Gasteiger partial charge in [0.05, 0.1) is 6.54 Å². The molecule has 0 spiro atoms. The molecule has 0 aromatic heterocycles. The van der Waals surface area contributed by atoms with Crippen LogP contribution in [0.25, 0.3) is 0 Å². The fraction of sp³-hybridized carbons (Fsp3) is 0.357. The van der Waals surface area contributed by atoms with Crippen molar-refractivity contribution in [3.05, 3.63) is 42.0 Å². The summed E-state index contributed by atoms with van der Waals surface area (Å²) < 4.78 is 5.66.